The van der Waals surface area contributed by atoms with Gasteiger partial charge in [0.1, 0.15) is 0 Å². The number of aryl methyl sites for hydroxylation is 1. The lowest BCUT2D eigenvalue weighted by Gasteiger charge is -2.32. The van der Waals surface area contributed by atoms with Crippen LogP contribution in [0.15, 0.2) is 16.0 Å². The van der Waals surface area contributed by atoms with E-state index in [0.717, 1.165) is 37.9 Å². The summed E-state index contributed by atoms with van der Waals surface area (Å²) in [7, 11) is 0. The molecule has 2 aliphatic rings. The van der Waals surface area contributed by atoms with E-state index in [0.29, 0.717) is 12.0 Å². The van der Waals surface area contributed by atoms with E-state index < -0.39 is 0 Å². The number of nitrogens with one attached hydrogen (secondary N) is 1. The summed E-state index contributed by atoms with van der Waals surface area (Å²) in [5.41, 5.74) is 1.40. The van der Waals surface area contributed by atoms with Gasteiger partial charge in [-0.25, -0.2) is 0 Å². The Bertz CT molecular complexity index is 649. The third-order valence-corrected chi connectivity index (χ3v) is 5.82. The molecule has 0 aromatic carbocycles. The summed E-state index contributed by atoms with van der Waals surface area (Å²) in [6.07, 6.45) is 4.90. The second-order valence-corrected chi connectivity index (χ2v) is 7.81. The first-order valence-electron chi connectivity index (χ1n) is 8.59. The Kier molecular flexibility index (Phi) is 4.46. The quantitative estimate of drug-likeness (QED) is 0.881. The second-order valence-electron chi connectivity index (χ2n) is 6.81. The van der Waals surface area contributed by atoms with Gasteiger partial charge in [-0.05, 0) is 56.2 Å². The van der Waals surface area contributed by atoms with Gasteiger partial charge in [-0.1, -0.05) is 5.16 Å². The molecule has 0 unspecified atom stereocenters. The lowest BCUT2D eigenvalue weighted by atomic mass is 10.1. The third kappa shape index (κ3) is 3.82. The van der Waals surface area contributed by atoms with Crippen molar-refractivity contribution in [1.82, 2.24) is 20.4 Å². The predicted octanol–water partition coefficient (Wildman–Crippen LogP) is 3.07. The van der Waals surface area contributed by atoms with E-state index in [-0.39, 0.29) is 0 Å². The van der Waals surface area contributed by atoms with Crippen LogP contribution in [-0.4, -0.2) is 34.2 Å². The second kappa shape index (κ2) is 6.71. The molecular formula is C17H24N4OS. The Morgan fingerprint density at radius 1 is 1.39 bits per heavy atom. The topological polar surface area (TPSA) is 54.2 Å². The molecule has 1 N–H and O–H groups in total. The molecule has 2 aromatic rings. The number of hydrogen-bond acceptors (Lipinski definition) is 6. The number of thiophene rings is 1. The number of nitrogens with zero attached hydrogens (tertiary/aromatic N) is 3. The summed E-state index contributed by atoms with van der Waals surface area (Å²) in [4.78, 5) is 8.45. The van der Waals surface area contributed by atoms with Crippen molar-refractivity contribution in [3.8, 4) is 0 Å². The van der Waals surface area contributed by atoms with Gasteiger partial charge in [-0.2, -0.15) is 4.98 Å². The summed E-state index contributed by atoms with van der Waals surface area (Å²) < 4.78 is 5.36. The Labute approximate surface area is 141 Å². The molecule has 0 bridgehead atoms. The Morgan fingerprint density at radius 2 is 2.30 bits per heavy atom. The molecule has 2 aromatic heterocycles. The van der Waals surface area contributed by atoms with Crippen LogP contribution in [0.5, 0.6) is 0 Å². The van der Waals surface area contributed by atoms with Gasteiger partial charge in [-0.15, -0.1) is 11.3 Å². The molecule has 4 rings (SSSR count). The molecule has 1 aliphatic heterocycles. The van der Waals surface area contributed by atoms with Crippen molar-refractivity contribution >= 4 is 11.3 Å². The number of hydrogen-bond donors (Lipinski definition) is 1. The fourth-order valence-electron chi connectivity index (χ4n) is 3.22. The van der Waals surface area contributed by atoms with Crippen LogP contribution in [0.2, 0.25) is 0 Å². The van der Waals surface area contributed by atoms with E-state index in [1.54, 1.807) is 0 Å². The molecule has 5 nitrogen and oxygen atoms in total. The largest absolute Gasteiger partial charge is 0.339 e. The van der Waals surface area contributed by atoms with Gasteiger partial charge in [-0.3, -0.25) is 4.90 Å². The van der Waals surface area contributed by atoms with Crippen molar-refractivity contribution in [1.29, 1.82) is 0 Å². The van der Waals surface area contributed by atoms with Crippen molar-refractivity contribution in [3.05, 3.63) is 33.6 Å². The van der Waals surface area contributed by atoms with Gasteiger partial charge in [0.15, 0.2) is 5.82 Å². The van der Waals surface area contributed by atoms with Crippen molar-refractivity contribution in [2.24, 2.45) is 0 Å². The van der Waals surface area contributed by atoms with E-state index in [1.165, 1.54) is 36.1 Å². The zero-order chi connectivity index (χ0) is 15.6. The summed E-state index contributed by atoms with van der Waals surface area (Å²) in [6.45, 7) is 6.18. The average Bonchev–Trinajstić information content (AvgIpc) is 3.17. The van der Waals surface area contributed by atoms with Gasteiger partial charge in [0.2, 0.25) is 5.89 Å². The SMILES string of the molecule is Cc1ccsc1CN[C@@H]1CCCN(Cc2noc(C3CC3)n2)C1. The number of piperidine rings is 1. The first-order chi connectivity index (χ1) is 11.3. The van der Waals surface area contributed by atoms with Crippen LogP contribution in [-0.2, 0) is 13.1 Å². The summed E-state index contributed by atoms with van der Waals surface area (Å²) in [5, 5.41) is 10.0. The minimum absolute atomic E-state index is 0.543. The van der Waals surface area contributed by atoms with Crippen molar-refractivity contribution in [3.63, 3.8) is 0 Å². The van der Waals surface area contributed by atoms with Crippen LogP contribution >= 0.6 is 11.3 Å². The molecular weight excluding hydrogens is 308 g/mol. The van der Waals surface area contributed by atoms with Gasteiger partial charge < -0.3 is 9.84 Å². The van der Waals surface area contributed by atoms with Crippen LogP contribution < -0.4 is 5.32 Å². The summed E-state index contributed by atoms with van der Waals surface area (Å²) in [5.74, 6) is 2.24. The lowest BCUT2D eigenvalue weighted by molar-refractivity contribution is 0.177. The highest BCUT2D eigenvalue weighted by atomic mass is 32.1. The van der Waals surface area contributed by atoms with Gasteiger partial charge in [0.05, 0.1) is 6.54 Å². The number of aromatic nitrogens is 2. The average molecular weight is 332 g/mol. The van der Waals surface area contributed by atoms with Crippen LogP contribution in [0, 0.1) is 6.92 Å². The van der Waals surface area contributed by atoms with Crippen LogP contribution in [0.25, 0.3) is 0 Å². The van der Waals surface area contributed by atoms with E-state index in [2.05, 4.69) is 38.7 Å². The summed E-state index contributed by atoms with van der Waals surface area (Å²) >= 11 is 1.84. The molecule has 1 saturated heterocycles. The maximum atomic E-state index is 5.36. The number of likely N-dealkylation sites (tertiary alicyclic amines) is 1. The normalized spacial score (nSPS) is 22.6. The third-order valence-electron chi connectivity index (χ3n) is 4.80. The van der Waals surface area contributed by atoms with E-state index in [4.69, 9.17) is 4.52 Å². The molecule has 1 aliphatic carbocycles. The van der Waals surface area contributed by atoms with Gasteiger partial charge >= 0.3 is 0 Å². The fourth-order valence-corrected chi connectivity index (χ4v) is 4.07. The highest BCUT2D eigenvalue weighted by Crippen LogP contribution is 2.38. The minimum Gasteiger partial charge on any atom is -0.339 e. The molecule has 124 valence electrons. The maximum absolute atomic E-state index is 5.36. The van der Waals surface area contributed by atoms with Crippen LogP contribution in [0.4, 0.5) is 0 Å². The predicted molar refractivity (Wildman–Crippen MR) is 90.5 cm³/mol. The molecule has 0 amide bonds. The minimum atomic E-state index is 0.543. The molecule has 2 fully saturated rings. The zero-order valence-corrected chi connectivity index (χ0v) is 14.4. The zero-order valence-electron chi connectivity index (χ0n) is 13.6. The molecule has 0 spiro atoms. The molecule has 1 saturated carbocycles. The van der Waals surface area contributed by atoms with Gasteiger partial charge in [0.25, 0.3) is 0 Å². The molecule has 3 heterocycles. The first kappa shape index (κ1) is 15.3. The van der Waals surface area contributed by atoms with Crippen LogP contribution in [0.1, 0.15) is 53.8 Å². The summed E-state index contributed by atoms with van der Waals surface area (Å²) in [6, 6.07) is 2.75. The van der Waals surface area contributed by atoms with Crippen molar-refractivity contribution in [2.75, 3.05) is 13.1 Å². The van der Waals surface area contributed by atoms with E-state index >= 15 is 0 Å². The smallest absolute Gasteiger partial charge is 0.229 e. The molecule has 1 atom stereocenters. The first-order valence-corrected chi connectivity index (χ1v) is 9.47. The highest BCUT2D eigenvalue weighted by molar-refractivity contribution is 7.10. The monoisotopic (exact) mass is 332 g/mol. The Morgan fingerprint density at radius 3 is 3.09 bits per heavy atom. The lowest BCUT2D eigenvalue weighted by Crippen LogP contribution is -2.45. The molecule has 0 radical (unpaired) electrons. The number of rotatable bonds is 6. The molecule has 23 heavy (non-hydrogen) atoms. The highest BCUT2D eigenvalue weighted by Gasteiger charge is 2.30. The van der Waals surface area contributed by atoms with Crippen molar-refractivity contribution in [2.45, 2.75) is 57.7 Å². The maximum Gasteiger partial charge on any atom is 0.229 e. The van der Waals surface area contributed by atoms with Gasteiger partial charge in [0, 0.05) is 29.9 Å². The van der Waals surface area contributed by atoms with Crippen LogP contribution in [0.3, 0.4) is 0 Å². The van der Waals surface area contributed by atoms with E-state index in [1.807, 2.05) is 11.3 Å². The Hall–Kier alpha value is -1.24. The fraction of sp³-hybridized carbons (Fsp3) is 0.647. The van der Waals surface area contributed by atoms with Crippen molar-refractivity contribution < 1.29 is 4.52 Å². The standard InChI is InChI=1S/C17H24N4OS/c1-12-6-8-23-15(12)9-18-14-3-2-7-21(10-14)11-16-19-17(22-20-16)13-4-5-13/h6,8,13-14,18H,2-5,7,9-11H2,1H3/t14-/m1/s1. The molecule has 6 heteroatoms. The van der Waals surface area contributed by atoms with E-state index in [9.17, 15) is 0 Å². The Balaban J connectivity index is 1.28.